The molecule has 0 atom stereocenters. The summed E-state index contributed by atoms with van der Waals surface area (Å²) in [6, 6.07) is 82.7. The van der Waals surface area contributed by atoms with Gasteiger partial charge in [0.2, 0.25) is 0 Å². The highest BCUT2D eigenvalue weighted by molar-refractivity contribution is 6.20. The molecule has 3 heteroatoms. The Morgan fingerprint density at radius 2 is 0.852 bits per heavy atom. The molecule has 0 amide bonds. The van der Waals surface area contributed by atoms with Crippen LogP contribution in [-0.4, -0.2) is 4.57 Å². The molecule has 0 N–H and O–H groups in total. The predicted octanol–water partition coefficient (Wildman–Crippen LogP) is 16.3. The highest BCUT2D eigenvalue weighted by Gasteiger charge is 2.20. The maximum Gasteiger partial charge on any atom is 0.143 e. The number of hydrogen-bond donors (Lipinski definition) is 0. The van der Waals surface area contributed by atoms with Gasteiger partial charge < -0.3 is 13.9 Å². The third kappa shape index (κ3) is 5.82. The van der Waals surface area contributed by atoms with Crippen molar-refractivity contribution in [3.63, 3.8) is 0 Å². The molecule has 12 aromatic rings. The quantitative estimate of drug-likeness (QED) is 0.161. The number of fused-ring (bicyclic) bond motifs is 8. The molecule has 0 aliphatic rings. The van der Waals surface area contributed by atoms with Gasteiger partial charge in [-0.05, 0) is 93.9 Å². The molecule has 0 aliphatic carbocycles. The lowest BCUT2D eigenvalue weighted by molar-refractivity contribution is 0.674. The molecule has 10 aromatic carbocycles. The number of aromatic nitrogens is 1. The Kier molecular flexibility index (Phi) is 8.17. The summed E-state index contributed by atoms with van der Waals surface area (Å²) in [7, 11) is 0. The largest absolute Gasteiger partial charge is 0.455 e. The van der Waals surface area contributed by atoms with Gasteiger partial charge in [0.25, 0.3) is 0 Å². The number of para-hydroxylation sites is 3. The standard InChI is InChI=1S/C58H38N2O/c1-4-16-39(17-5-1)42-20-14-23-45(36-42)59(46-34-35-50-49-25-12-13-29-55(49)60(56(50)37-46)43-21-8-3-9-22-43)44-32-30-41(31-33-44)47-27-15-28-52-54-38-53(40-18-6-2-7-19-40)48-24-10-11-26-51(48)58(54)61-57(47)52/h1-38H. The average molecular weight is 779 g/mol. The SMILES string of the molecule is c1ccc(-c2cccc(N(c3ccc(-c4cccc5c4oc4c6ccccc6c(-c6ccccc6)cc54)cc3)c3ccc4c5ccccc5n(-c5ccccc5)c4c3)c2)cc1. The van der Waals surface area contributed by atoms with E-state index < -0.39 is 0 Å². The van der Waals surface area contributed by atoms with Crippen LogP contribution in [0, 0.1) is 0 Å². The first-order valence-electron chi connectivity index (χ1n) is 20.8. The van der Waals surface area contributed by atoms with Crippen molar-refractivity contribution >= 4 is 71.6 Å². The summed E-state index contributed by atoms with van der Waals surface area (Å²) in [5.41, 5.74) is 15.4. The molecular formula is C58H38N2O. The molecule has 3 nitrogen and oxygen atoms in total. The van der Waals surface area contributed by atoms with Crippen LogP contribution in [0.4, 0.5) is 17.1 Å². The molecule has 0 aliphatic heterocycles. The van der Waals surface area contributed by atoms with Crippen molar-refractivity contribution in [1.82, 2.24) is 4.57 Å². The Balaban J connectivity index is 1.02. The van der Waals surface area contributed by atoms with E-state index in [1.54, 1.807) is 0 Å². The molecule has 12 rings (SSSR count). The lowest BCUT2D eigenvalue weighted by Gasteiger charge is -2.26. The Morgan fingerprint density at radius 3 is 1.64 bits per heavy atom. The molecule has 0 unspecified atom stereocenters. The third-order valence-corrected chi connectivity index (χ3v) is 12.2. The summed E-state index contributed by atoms with van der Waals surface area (Å²) in [5, 5.41) is 7.00. The smallest absolute Gasteiger partial charge is 0.143 e. The predicted molar refractivity (Wildman–Crippen MR) is 257 cm³/mol. The van der Waals surface area contributed by atoms with Gasteiger partial charge in [-0.1, -0.05) is 170 Å². The first-order valence-corrected chi connectivity index (χ1v) is 20.8. The van der Waals surface area contributed by atoms with Crippen molar-refractivity contribution in [2.75, 3.05) is 4.90 Å². The van der Waals surface area contributed by atoms with Crippen LogP contribution < -0.4 is 4.90 Å². The van der Waals surface area contributed by atoms with E-state index in [4.69, 9.17) is 4.42 Å². The van der Waals surface area contributed by atoms with E-state index in [0.717, 1.165) is 66.7 Å². The van der Waals surface area contributed by atoms with Gasteiger partial charge in [-0.3, -0.25) is 0 Å². The third-order valence-electron chi connectivity index (χ3n) is 12.2. The van der Waals surface area contributed by atoms with Crippen LogP contribution in [0.1, 0.15) is 0 Å². The summed E-state index contributed by atoms with van der Waals surface area (Å²) in [6.45, 7) is 0. The van der Waals surface area contributed by atoms with Crippen LogP contribution in [-0.2, 0) is 0 Å². The minimum Gasteiger partial charge on any atom is -0.455 e. The first kappa shape index (κ1) is 34.9. The monoisotopic (exact) mass is 778 g/mol. The molecule has 0 radical (unpaired) electrons. The van der Waals surface area contributed by atoms with Gasteiger partial charge in [0.15, 0.2) is 0 Å². The van der Waals surface area contributed by atoms with Gasteiger partial charge in [0, 0.05) is 55.2 Å². The van der Waals surface area contributed by atoms with Crippen molar-refractivity contribution in [3.05, 3.63) is 231 Å². The fourth-order valence-electron chi connectivity index (χ4n) is 9.35. The van der Waals surface area contributed by atoms with E-state index in [0.29, 0.717) is 0 Å². The average Bonchev–Trinajstić information content (AvgIpc) is 3.88. The van der Waals surface area contributed by atoms with Crippen LogP contribution in [0.3, 0.4) is 0 Å². The van der Waals surface area contributed by atoms with Crippen molar-refractivity contribution in [2.24, 2.45) is 0 Å². The Hall–Kier alpha value is -8.14. The van der Waals surface area contributed by atoms with Crippen LogP contribution in [0.15, 0.2) is 235 Å². The number of nitrogens with zero attached hydrogens (tertiary/aromatic N) is 2. The van der Waals surface area contributed by atoms with E-state index in [-0.39, 0.29) is 0 Å². The van der Waals surface area contributed by atoms with Crippen molar-refractivity contribution in [2.45, 2.75) is 0 Å². The maximum absolute atomic E-state index is 6.91. The van der Waals surface area contributed by atoms with Crippen LogP contribution >= 0.6 is 0 Å². The van der Waals surface area contributed by atoms with Gasteiger partial charge in [-0.15, -0.1) is 0 Å². The molecule has 0 saturated carbocycles. The number of hydrogen-bond acceptors (Lipinski definition) is 2. The highest BCUT2D eigenvalue weighted by atomic mass is 16.3. The zero-order valence-corrected chi connectivity index (χ0v) is 33.2. The maximum atomic E-state index is 6.91. The first-order chi connectivity index (χ1) is 30.3. The van der Waals surface area contributed by atoms with E-state index in [9.17, 15) is 0 Å². The van der Waals surface area contributed by atoms with Crippen molar-refractivity contribution in [1.29, 1.82) is 0 Å². The Morgan fingerprint density at radius 1 is 0.295 bits per heavy atom. The molecule has 0 spiro atoms. The molecule has 0 saturated heterocycles. The number of anilines is 3. The van der Waals surface area contributed by atoms with Gasteiger partial charge >= 0.3 is 0 Å². The topological polar surface area (TPSA) is 21.3 Å². The lowest BCUT2D eigenvalue weighted by Crippen LogP contribution is -2.10. The normalized spacial score (nSPS) is 11.6. The molecule has 61 heavy (non-hydrogen) atoms. The molecule has 0 bridgehead atoms. The Bertz CT molecular complexity index is 3570. The summed E-state index contributed by atoms with van der Waals surface area (Å²) in [4.78, 5) is 2.38. The molecular weight excluding hydrogens is 741 g/mol. The highest BCUT2D eigenvalue weighted by Crippen LogP contribution is 2.44. The second-order valence-electron chi connectivity index (χ2n) is 15.7. The molecule has 2 heterocycles. The zero-order chi connectivity index (χ0) is 40.3. The van der Waals surface area contributed by atoms with Gasteiger partial charge in [0.1, 0.15) is 11.2 Å². The van der Waals surface area contributed by atoms with E-state index in [2.05, 4.69) is 240 Å². The molecule has 286 valence electrons. The Labute approximate surface area is 353 Å². The van der Waals surface area contributed by atoms with Crippen LogP contribution in [0.5, 0.6) is 0 Å². The van der Waals surface area contributed by atoms with Crippen LogP contribution in [0.25, 0.3) is 93.6 Å². The van der Waals surface area contributed by atoms with Gasteiger partial charge in [-0.2, -0.15) is 0 Å². The second kappa shape index (κ2) is 14.3. The van der Waals surface area contributed by atoms with Gasteiger partial charge in [-0.25, -0.2) is 0 Å². The zero-order valence-electron chi connectivity index (χ0n) is 33.2. The second-order valence-corrected chi connectivity index (χ2v) is 15.7. The van der Waals surface area contributed by atoms with Crippen molar-refractivity contribution in [3.8, 4) is 39.1 Å². The van der Waals surface area contributed by atoms with E-state index >= 15 is 0 Å². The molecule has 2 aromatic heterocycles. The van der Waals surface area contributed by atoms with Crippen molar-refractivity contribution < 1.29 is 4.42 Å². The van der Waals surface area contributed by atoms with E-state index in [1.165, 1.54) is 43.9 Å². The molecule has 0 fully saturated rings. The lowest BCUT2D eigenvalue weighted by atomic mass is 9.95. The van der Waals surface area contributed by atoms with Crippen LogP contribution in [0.2, 0.25) is 0 Å². The van der Waals surface area contributed by atoms with E-state index in [1.807, 2.05) is 0 Å². The number of rotatable bonds is 7. The minimum absolute atomic E-state index is 0.896. The summed E-state index contributed by atoms with van der Waals surface area (Å²) >= 11 is 0. The summed E-state index contributed by atoms with van der Waals surface area (Å²) in [6.07, 6.45) is 0. The fourth-order valence-corrected chi connectivity index (χ4v) is 9.35. The minimum atomic E-state index is 0.896. The number of furan rings is 1. The number of benzene rings is 10. The van der Waals surface area contributed by atoms with Gasteiger partial charge in [0.05, 0.1) is 11.0 Å². The fraction of sp³-hybridized carbons (Fsp3) is 0. The summed E-state index contributed by atoms with van der Waals surface area (Å²) < 4.78 is 9.30. The summed E-state index contributed by atoms with van der Waals surface area (Å²) in [5.74, 6) is 0.